The smallest absolute Gasteiger partial charge is 0.326 e. The third-order valence-electron chi connectivity index (χ3n) is 4.03. The maximum atomic E-state index is 11.9. The summed E-state index contributed by atoms with van der Waals surface area (Å²) in [6, 6.07) is -0.854. The molecule has 1 saturated heterocycles. The summed E-state index contributed by atoms with van der Waals surface area (Å²) in [6.07, 6.45) is 4.88. The summed E-state index contributed by atoms with van der Waals surface area (Å²) in [6.45, 7) is 3.38. The minimum absolute atomic E-state index is 0.219. The van der Waals surface area contributed by atoms with Gasteiger partial charge in [-0.2, -0.15) is 0 Å². The first-order chi connectivity index (χ1) is 8.02. The highest BCUT2D eigenvalue weighted by atomic mass is 16.4. The zero-order chi connectivity index (χ0) is 12.5. The van der Waals surface area contributed by atoms with E-state index < -0.39 is 12.0 Å². The van der Waals surface area contributed by atoms with Crippen molar-refractivity contribution in [3.05, 3.63) is 0 Å². The number of amides is 2. The second kappa shape index (κ2) is 4.55. The molecule has 0 bridgehead atoms. The fourth-order valence-electron chi connectivity index (χ4n) is 2.61. The largest absolute Gasteiger partial charge is 0.480 e. The van der Waals surface area contributed by atoms with E-state index in [4.69, 9.17) is 5.11 Å². The summed E-state index contributed by atoms with van der Waals surface area (Å²) in [7, 11) is 0. The molecular weight excluding hydrogens is 220 g/mol. The molecule has 2 rings (SSSR count). The number of carboxylic acid groups (broad SMARTS) is 1. The van der Waals surface area contributed by atoms with Crippen molar-refractivity contribution in [2.24, 2.45) is 5.41 Å². The van der Waals surface area contributed by atoms with Crippen LogP contribution < -0.4 is 5.32 Å². The van der Waals surface area contributed by atoms with Crippen molar-refractivity contribution >= 4 is 12.0 Å². The zero-order valence-electron chi connectivity index (χ0n) is 10.2. The lowest BCUT2D eigenvalue weighted by molar-refractivity contribution is -0.141. The number of urea groups is 1. The zero-order valence-corrected chi connectivity index (χ0v) is 10.2. The van der Waals surface area contributed by atoms with Crippen molar-refractivity contribution in [2.45, 2.75) is 45.1 Å². The standard InChI is InChI=1S/C12H20N2O3/c1-12(5-3-6-12)8-13-11(17)14-7-2-4-9(14)10(15)16/h9H,2-8H2,1H3,(H,13,17)(H,15,16)/t9-/m0/s1. The van der Waals surface area contributed by atoms with Gasteiger partial charge in [-0.15, -0.1) is 0 Å². The van der Waals surface area contributed by atoms with Crippen LogP contribution in [0, 0.1) is 5.41 Å². The van der Waals surface area contributed by atoms with Crippen LogP contribution in [0.4, 0.5) is 4.79 Å². The van der Waals surface area contributed by atoms with E-state index in [1.54, 1.807) is 0 Å². The molecule has 1 heterocycles. The first kappa shape index (κ1) is 12.2. The highest BCUT2D eigenvalue weighted by Gasteiger charge is 2.36. The van der Waals surface area contributed by atoms with Crippen LogP contribution in [0.1, 0.15) is 39.0 Å². The molecule has 0 radical (unpaired) electrons. The molecular formula is C12H20N2O3. The lowest BCUT2D eigenvalue weighted by atomic mass is 9.70. The number of carbonyl (C=O) groups is 2. The van der Waals surface area contributed by atoms with Gasteiger partial charge in [0, 0.05) is 13.1 Å². The Balaban J connectivity index is 1.84. The van der Waals surface area contributed by atoms with E-state index in [-0.39, 0.29) is 11.4 Å². The van der Waals surface area contributed by atoms with Crippen molar-refractivity contribution < 1.29 is 14.7 Å². The van der Waals surface area contributed by atoms with Gasteiger partial charge in [-0.25, -0.2) is 9.59 Å². The van der Waals surface area contributed by atoms with Crippen molar-refractivity contribution in [2.75, 3.05) is 13.1 Å². The number of nitrogens with one attached hydrogen (secondary N) is 1. The number of hydrogen-bond donors (Lipinski definition) is 2. The molecule has 2 fully saturated rings. The monoisotopic (exact) mass is 240 g/mol. The minimum atomic E-state index is -0.896. The maximum absolute atomic E-state index is 11.9. The molecule has 0 aromatic heterocycles. The van der Waals surface area contributed by atoms with E-state index in [1.807, 2.05) is 0 Å². The van der Waals surface area contributed by atoms with Gasteiger partial charge in [0.05, 0.1) is 0 Å². The molecule has 0 aromatic rings. The fourth-order valence-corrected chi connectivity index (χ4v) is 2.61. The molecule has 2 aliphatic rings. The van der Waals surface area contributed by atoms with Crippen molar-refractivity contribution in [1.82, 2.24) is 10.2 Å². The quantitative estimate of drug-likeness (QED) is 0.784. The van der Waals surface area contributed by atoms with Gasteiger partial charge >= 0.3 is 12.0 Å². The normalized spacial score (nSPS) is 26.4. The Bertz CT molecular complexity index is 326. The number of carboxylic acids is 1. The average molecular weight is 240 g/mol. The summed E-state index contributed by atoms with van der Waals surface area (Å²) in [5.41, 5.74) is 0.230. The summed E-state index contributed by atoms with van der Waals surface area (Å²) in [4.78, 5) is 24.3. The number of rotatable bonds is 3. The topological polar surface area (TPSA) is 69.6 Å². The van der Waals surface area contributed by atoms with E-state index in [0.717, 1.165) is 19.3 Å². The molecule has 1 aliphatic heterocycles. The van der Waals surface area contributed by atoms with Crippen LogP contribution in [0.3, 0.4) is 0 Å². The molecule has 96 valence electrons. The molecule has 0 aromatic carbocycles. The van der Waals surface area contributed by atoms with Crippen LogP contribution >= 0.6 is 0 Å². The summed E-state index contributed by atoms with van der Waals surface area (Å²) in [5, 5.41) is 11.9. The van der Waals surface area contributed by atoms with Gasteiger partial charge in [-0.1, -0.05) is 13.3 Å². The van der Waals surface area contributed by atoms with Crippen LogP contribution in [-0.2, 0) is 4.79 Å². The number of hydrogen-bond acceptors (Lipinski definition) is 2. The van der Waals surface area contributed by atoms with Crippen LogP contribution in [0.5, 0.6) is 0 Å². The van der Waals surface area contributed by atoms with Gasteiger partial charge in [-0.05, 0) is 31.1 Å². The highest BCUT2D eigenvalue weighted by Crippen LogP contribution is 2.39. The van der Waals surface area contributed by atoms with E-state index in [2.05, 4.69) is 12.2 Å². The third kappa shape index (κ3) is 2.53. The molecule has 17 heavy (non-hydrogen) atoms. The predicted molar refractivity (Wildman–Crippen MR) is 62.7 cm³/mol. The van der Waals surface area contributed by atoms with Crippen LogP contribution in [0.15, 0.2) is 0 Å². The molecule has 5 nitrogen and oxygen atoms in total. The molecule has 0 unspecified atom stereocenters. The SMILES string of the molecule is CC1(CNC(=O)N2CCC[C@H]2C(=O)O)CCC1. The van der Waals surface area contributed by atoms with Gasteiger partial charge in [0.1, 0.15) is 6.04 Å². The van der Waals surface area contributed by atoms with Crippen LogP contribution in [0.2, 0.25) is 0 Å². The number of likely N-dealkylation sites (tertiary alicyclic amines) is 1. The lowest BCUT2D eigenvalue weighted by Gasteiger charge is -2.39. The number of nitrogens with zero attached hydrogens (tertiary/aromatic N) is 1. The molecule has 1 saturated carbocycles. The Morgan fingerprint density at radius 1 is 1.41 bits per heavy atom. The van der Waals surface area contributed by atoms with Gasteiger partial charge in [0.2, 0.25) is 0 Å². The molecule has 5 heteroatoms. The minimum Gasteiger partial charge on any atom is -0.480 e. The van der Waals surface area contributed by atoms with Gasteiger partial charge in [-0.3, -0.25) is 0 Å². The number of aliphatic carboxylic acids is 1. The molecule has 2 N–H and O–H groups in total. The Kier molecular flexibility index (Phi) is 3.26. The van der Waals surface area contributed by atoms with Crippen molar-refractivity contribution in [3.63, 3.8) is 0 Å². The highest BCUT2D eigenvalue weighted by molar-refractivity contribution is 5.83. The predicted octanol–water partition coefficient (Wildman–Crippen LogP) is 1.44. The number of carbonyl (C=O) groups excluding carboxylic acids is 1. The molecule has 2 amide bonds. The summed E-state index contributed by atoms with van der Waals surface area (Å²) >= 11 is 0. The maximum Gasteiger partial charge on any atom is 0.326 e. The Labute approximate surface area is 101 Å². The van der Waals surface area contributed by atoms with Gasteiger partial charge in [0.25, 0.3) is 0 Å². The van der Waals surface area contributed by atoms with Crippen LogP contribution in [0.25, 0.3) is 0 Å². The molecule has 1 atom stereocenters. The Hall–Kier alpha value is -1.26. The second-order valence-electron chi connectivity index (χ2n) is 5.51. The molecule has 1 aliphatic carbocycles. The van der Waals surface area contributed by atoms with Crippen LogP contribution in [-0.4, -0.2) is 41.1 Å². The molecule has 0 spiro atoms. The summed E-state index contributed by atoms with van der Waals surface area (Å²) < 4.78 is 0. The van der Waals surface area contributed by atoms with Gasteiger partial charge < -0.3 is 15.3 Å². The third-order valence-corrected chi connectivity index (χ3v) is 4.03. The average Bonchev–Trinajstić information content (AvgIpc) is 2.72. The Morgan fingerprint density at radius 3 is 2.65 bits per heavy atom. The Morgan fingerprint density at radius 2 is 2.12 bits per heavy atom. The lowest BCUT2D eigenvalue weighted by Crippen LogP contribution is -2.49. The van der Waals surface area contributed by atoms with E-state index >= 15 is 0 Å². The first-order valence-electron chi connectivity index (χ1n) is 6.29. The first-order valence-corrected chi connectivity index (χ1v) is 6.29. The van der Waals surface area contributed by atoms with Crippen molar-refractivity contribution in [1.29, 1.82) is 0 Å². The fraction of sp³-hybridized carbons (Fsp3) is 0.833. The van der Waals surface area contributed by atoms with E-state index in [1.165, 1.54) is 11.3 Å². The van der Waals surface area contributed by atoms with Crippen molar-refractivity contribution in [3.8, 4) is 0 Å². The van der Waals surface area contributed by atoms with Gasteiger partial charge in [0.15, 0.2) is 0 Å². The summed E-state index contributed by atoms with van der Waals surface area (Å²) in [5.74, 6) is -0.896. The van der Waals surface area contributed by atoms with E-state index in [0.29, 0.717) is 19.5 Å². The second-order valence-corrected chi connectivity index (χ2v) is 5.51. The van der Waals surface area contributed by atoms with E-state index in [9.17, 15) is 9.59 Å².